The van der Waals surface area contributed by atoms with Crippen LogP contribution in [0.5, 0.6) is 0 Å². The molecule has 1 aromatic rings. The van der Waals surface area contributed by atoms with Gasteiger partial charge in [0.05, 0.1) is 6.61 Å². The first-order valence-corrected chi connectivity index (χ1v) is 6.83. The van der Waals surface area contributed by atoms with E-state index in [0.717, 1.165) is 29.8 Å². The molecule has 0 radical (unpaired) electrons. The van der Waals surface area contributed by atoms with Crippen LogP contribution < -0.4 is 10.6 Å². The van der Waals surface area contributed by atoms with Crippen LogP contribution in [0.4, 0.5) is 5.69 Å². The third-order valence-corrected chi connectivity index (χ3v) is 3.38. The van der Waals surface area contributed by atoms with Crippen molar-refractivity contribution in [3.63, 3.8) is 0 Å². The van der Waals surface area contributed by atoms with Crippen LogP contribution in [0, 0.1) is 13.8 Å². The Hall–Kier alpha value is -1.39. The number of ether oxygens (including phenoxy) is 1. The molecule has 1 amide bonds. The molecule has 2 rings (SSSR count). The third-order valence-electron chi connectivity index (χ3n) is 3.38. The molecule has 0 aliphatic carbocycles. The Balaban J connectivity index is 1.75. The Bertz CT molecular complexity index is 440. The minimum Gasteiger partial charge on any atom is -0.370 e. The average Bonchev–Trinajstić information content (AvgIpc) is 2.87. The summed E-state index contributed by atoms with van der Waals surface area (Å²) in [5.74, 6) is -0.0910. The largest absolute Gasteiger partial charge is 0.370 e. The first kappa shape index (κ1) is 14.0. The Labute approximate surface area is 114 Å². The van der Waals surface area contributed by atoms with Crippen LogP contribution in [-0.4, -0.2) is 31.7 Å². The highest BCUT2D eigenvalue weighted by atomic mass is 16.5. The van der Waals surface area contributed by atoms with Crippen molar-refractivity contribution in [2.75, 3.05) is 25.1 Å². The number of benzene rings is 1. The van der Waals surface area contributed by atoms with Crippen molar-refractivity contribution >= 4 is 11.6 Å². The maximum atomic E-state index is 11.8. The van der Waals surface area contributed by atoms with E-state index in [-0.39, 0.29) is 12.5 Å². The zero-order valence-corrected chi connectivity index (χ0v) is 11.7. The quantitative estimate of drug-likeness (QED) is 0.853. The lowest BCUT2D eigenvalue weighted by molar-refractivity contribution is -0.120. The zero-order chi connectivity index (χ0) is 13.7. The van der Waals surface area contributed by atoms with Crippen LogP contribution in [-0.2, 0) is 9.53 Å². The number of anilines is 1. The van der Waals surface area contributed by atoms with Crippen molar-refractivity contribution in [1.29, 1.82) is 0 Å². The molecule has 0 aromatic heterocycles. The van der Waals surface area contributed by atoms with Gasteiger partial charge in [-0.05, 0) is 50.4 Å². The summed E-state index contributed by atoms with van der Waals surface area (Å²) in [7, 11) is 0. The maximum Gasteiger partial charge on any atom is 0.250 e. The van der Waals surface area contributed by atoms with Crippen LogP contribution in [0.25, 0.3) is 0 Å². The average molecular weight is 262 g/mol. The van der Waals surface area contributed by atoms with Gasteiger partial charge >= 0.3 is 0 Å². The van der Waals surface area contributed by atoms with Crippen molar-refractivity contribution in [3.05, 3.63) is 29.3 Å². The highest BCUT2D eigenvalue weighted by Gasteiger charge is 2.14. The molecule has 1 aliphatic heterocycles. The van der Waals surface area contributed by atoms with Crippen LogP contribution in [0.1, 0.15) is 24.0 Å². The summed E-state index contributed by atoms with van der Waals surface area (Å²) in [4.78, 5) is 11.8. The van der Waals surface area contributed by atoms with Gasteiger partial charge in [0.2, 0.25) is 5.91 Å². The van der Waals surface area contributed by atoms with Crippen LogP contribution in [0.3, 0.4) is 0 Å². The zero-order valence-electron chi connectivity index (χ0n) is 11.7. The van der Waals surface area contributed by atoms with Crippen LogP contribution in [0.2, 0.25) is 0 Å². The van der Waals surface area contributed by atoms with E-state index in [0.29, 0.717) is 12.6 Å². The highest BCUT2D eigenvalue weighted by molar-refractivity contribution is 5.92. The molecular weight excluding hydrogens is 240 g/mol. The summed E-state index contributed by atoms with van der Waals surface area (Å²) in [6.45, 7) is 5.78. The molecule has 1 saturated heterocycles. The lowest BCUT2D eigenvalue weighted by Crippen LogP contribution is -2.29. The van der Waals surface area contributed by atoms with Crippen LogP contribution >= 0.6 is 0 Å². The molecule has 0 unspecified atom stereocenters. The van der Waals surface area contributed by atoms with E-state index in [1.54, 1.807) is 0 Å². The Morgan fingerprint density at radius 3 is 3.05 bits per heavy atom. The minimum atomic E-state index is -0.0910. The molecule has 1 atom stereocenters. The Morgan fingerprint density at radius 1 is 1.47 bits per heavy atom. The fourth-order valence-electron chi connectivity index (χ4n) is 2.25. The Kier molecular flexibility index (Phi) is 4.93. The maximum absolute atomic E-state index is 11.8. The van der Waals surface area contributed by atoms with Gasteiger partial charge < -0.3 is 15.4 Å². The molecular formula is C15H22N2O2. The fourth-order valence-corrected chi connectivity index (χ4v) is 2.25. The second kappa shape index (κ2) is 6.68. The molecule has 1 aliphatic rings. The van der Waals surface area contributed by atoms with Gasteiger partial charge in [-0.3, -0.25) is 4.79 Å². The number of aryl methyl sites for hydroxylation is 2. The predicted octanol–water partition coefficient (Wildman–Crippen LogP) is 2.01. The predicted molar refractivity (Wildman–Crippen MR) is 76.4 cm³/mol. The SMILES string of the molecule is Cc1ccc(C)c(NC(=O)COC[C@@H]2CCCN2)c1. The summed E-state index contributed by atoms with van der Waals surface area (Å²) in [6.07, 6.45) is 2.33. The third kappa shape index (κ3) is 4.33. The number of amides is 1. The van der Waals surface area contributed by atoms with Gasteiger partial charge in [0.1, 0.15) is 6.61 Å². The minimum absolute atomic E-state index is 0.0910. The van der Waals surface area contributed by atoms with E-state index in [4.69, 9.17) is 4.74 Å². The van der Waals surface area contributed by atoms with Gasteiger partial charge in [-0.15, -0.1) is 0 Å². The number of hydrogen-bond acceptors (Lipinski definition) is 3. The Morgan fingerprint density at radius 2 is 2.32 bits per heavy atom. The lowest BCUT2D eigenvalue weighted by atomic mass is 10.1. The molecule has 4 heteroatoms. The molecule has 0 saturated carbocycles. The van der Waals surface area contributed by atoms with Gasteiger partial charge in [0.15, 0.2) is 0 Å². The topological polar surface area (TPSA) is 50.4 Å². The van der Waals surface area contributed by atoms with E-state index >= 15 is 0 Å². The molecule has 1 fully saturated rings. The summed E-state index contributed by atoms with van der Waals surface area (Å²) < 4.78 is 5.45. The molecule has 104 valence electrons. The molecule has 4 nitrogen and oxygen atoms in total. The van der Waals surface area contributed by atoms with Gasteiger partial charge in [-0.1, -0.05) is 12.1 Å². The van der Waals surface area contributed by atoms with E-state index in [1.807, 2.05) is 32.0 Å². The first-order chi connectivity index (χ1) is 9.15. The summed E-state index contributed by atoms with van der Waals surface area (Å²) >= 11 is 0. The molecule has 2 N–H and O–H groups in total. The molecule has 1 aromatic carbocycles. The molecule has 0 bridgehead atoms. The van der Waals surface area contributed by atoms with Crippen molar-refractivity contribution in [2.45, 2.75) is 32.7 Å². The summed E-state index contributed by atoms with van der Waals surface area (Å²) in [5, 5.41) is 6.23. The summed E-state index contributed by atoms with van der Waals surface area (Å²) in [5.41, 5.74) is 3.07. The van der Waals surface area contributed by atoms with Crippen molar-refractivity contribution in [1.82, 2.24) is 5.32 Å². The van der Waals surface area contributed by atoms with Crippen LogP contribution in [0.15, 0.2) is 18.2 Å². The van der Waals surface area contributed by atoms with E-state index in [9.17, 15) is 4.79 Å². The second-order valence-electron chi connectivity index (χ2n) is 5.17. The normalized spacial score (nSPS) is 18.5. The van der Waals surface area contributed by atoms with Crippen molar-refractivity contribution in [2.24, 2.45) is 0 Å². The van der Waals surface area contributed by atoms with Crippen molar-refractivity contribution < 1.29 is 9.53 Å². The monoisotopic (exact) mass is 262 g/mol. The standard InChI is InChI=1S/C15H22N2O2/c1-11-5-6-12(2)14(8-11)17-15(18)10-19-9-13-4-3-7-16-13/h5-6,8,13,16H,3-4,7,9-10H2,1-2H3,(H,17,18)/t13-/m0/s1. The van der Waals surface area contributed by atoms with Gasteiger partial charge in [0, 0.05) is 11.7 Å². The number of rotatable bonds is 5. The fraction of sp³-hybridized carbons (Fsp3) is 0.533. The van der Waals surface area contributed by atoms with E-state index in [1.165, 1.54) is 6.42 Å². The molecule has 19 heavy (non-hydrogen) atoms. The van der Waals surface area contributed by atoms with E-state index in [2.05, 4.69) is 10.6 Å². The lowest BCUT2D eigenvalue weighted by Gasteiger charge is -2.12. The highest BCUT2D eigenvalue weighted by Crippen LogP contribution is 2.16. The van der Waals surface area contributed by atoms with Gasteiger partial charge in [-0.25, -0.2) is 0 Å². The molecule has 1 heterocycles. The van der Waals surface area contributed by atoms with Gasteiger partial charge in [0.25, 0.3) is 0 Å². The second-order valence-corrected chi connectivity index (χ2v) is 5.17. The number of hydrogen-bond donors (Lipinski definition) is 2. The number of nitrogens with one attached hydrogen (secondary N) is 2. The smallest absolute Gasteiger partial charge is 0.250 e. The number of carbonyl (C=O) groups excluding carboxylic acids is 1. The van der Waals surface area contributed by atoms with Crippen molar-refractivity contribution in [3.8, 4) is 0 Å². The van der Waals surface area contributed by atoms with E-state index < -0.39 is 0 Å². The first-order valence-electron chi connectivity index (χ1n) is 6.83. The number of carbonyl (C=O) groups is 1. The summed E-state index contributed by atoms with van der Waals surface area (Å²) in [6, 6.07) is 6.43. The molecule has 0 spiro atoms. The van der Waals surface area contributed by atoms with Gasteiger partial charge in [-0.2, -0.15) is 0 Å².